The lowest BCUT2D eigenvalue weighted by Gasteiger charge is -2.38. The molecule has 2 aromatic heterocycles. The van der Waals surface area contributed by atoms with Crippen molar-refractivity contribution in [3.05, 3.63) is 30.0 Å². The van der Waals surface area contributed by atoms with Gasteiger partial charge in [0.2, 0.25) is 17.6 Å². The molecule has 2 fully saturated rings. The van der Waals surface area contributed by atoms with Crippen LogP contribution >= 0.6 is 0 Å². The van der Waals surface area contributed by atoms with E-state index in [1.807, 2.05) is 4.90 Å². The second-order valence-electron chi connectivity index (χ2n) is 6.95. The minimum Gasteiger partial charge on any atom is -0.343 e. The SMILES string of the molecule is CC(=O)N1CCC(N2CCCC2c2nc(-c3ccc(F)cn3)no2)CC1. The van der Waals surface area contributed by atoms with E-state index in [0.29, 0.717) is 23.5 Å². The standard InChI is InChI=1S/C18H22FN5O2/c1-12(25)23-9-6-14(7-10-23)24-8-2-3-16(24)18-21-17(22-26-18)15-5-4-13(19)11-20-15/h4-5,11,14,16H,2-3,6-10H2,1H3. The average Bonchev–Trinajstić information content (AvgIpc) is 3.31. The van der Waals surface area contributed by atoms with Gasteiger partial charge in [-0.25, -0.2) is 9.37 Å². The average molecular weight is 359 g/mol. The van der Waals surface area contributed by atoms with Gasteiger partial charge in [-0.2, -0.15) is 4.98 Å². The molecule has 0 saturated carbocycles. The maximum atomic E-state index is 13.0. The highest BCUT2D eigenvalue weighted by Gasteiger charge is 2.37. The van der Waals surface area contributed by atoms with Crippen LogP contribution in [0.25, 0.3) is 11.5 Å². The van der Waals surface area contributed by atoms with Crippen molar-refractivity contribution >= 4 is 5.91 Å². The zero-order valence-corrected chi connectivity index (χ0v) is 14.8. The summed E-state index contributed by atoms with van der Waals surface area (Å²) in [7, 11) is 0. The number of likely N-dealkylation sites (tertiary alicyclic amines) is 2. The summed E-state index contributed by atoms with van der Waals surface area (Å²) >= 11 is 0. The van der Waals surface area contributed by atoms with Crippen LogP contribution in [0, 0.1) is 5.82 Å². The fourth-order valence-corrected chi connectivity index (χ4v) is 3.99. The fraction of sp³-hybridized carbons (Fsp3) is 0.556. The van der Waals surface area contributed by atoms with E-state index in [4.69, 9.17) is 4.52 Å². The molecule has 2 aliphatic heterocycles. The smallest absolute Gasteiger partial charge is 0.244 e. The van der Waals surface area contributed by atoms with Gasteiger partial charge in [-0.15, -0.1) is 0 Å². The quantitative estimate of drug-likeness (QED) is 0.838. The summed E-state index contributed by atoms with van der Waals surface area (Å²) in [6.45, 7) is 4.24. The molecule has 4 heterocycles. The first-order valence-corrected chi connectivity index (χ1v) is 9.08. The van der Waals surface area contributed by atoms with E-state index in [-0.39, 0.29) is 11.9 Å². The van der Waals surface area contributed by atoms with Crippen LogP contribution in [0.4, 0.5) is 4.39 Å². The molecule has 1 unspecified atom stereocenters. The topological polar surface area (TPSA) is 75.4 Å². The molecule has 26 heavy (non-hydrogen) atoms. The Labute approximate surface area is 151 Å². The lowest BCUT2D eigenvalue weighted by molar-refractivity contribution is -0.130. The normalized spacial score (nSPS) is 22.1. The number of carbonyl (C=O) groups is 1. The highest BCUT2D eigenvalue weighted by molar-refractivity contribution is 5.73. The molecule has 0 aliphatic carbocycles. The molecule has 7 nitrogen and oxygen atoms in total. The molecular formula is C18H22FN5O2. The maximum absolute atomic E-state index is 13.0. The van der Waals surface area contributed by atoms with E-state index < -0.39 is 5.82 Å². The minimum absolute atomic E-state index is 0.102. The van der Waals surface area contributed by atoms with Gasteiger partial charge in [0.25, 0.3) is 0 Å². The second kappa shape index (κ2) is 7.11. The summed E-state index contributed by atoms with van der Waals surface area (Å²) in [6.07, 6.45) is 5.15. The monoisotopic (exact) mass is 359 g/mol. The van der Waals surface area contributed by atoms with Crippen LogP contribution < -0.4 is 0 Å². The number of hydrogen-bond donors (Lipinski definition) is 0. The van der Waals surface area contributed by atoms with Gasteiger partial charge in [0.15, 0.2) is 0 Å². The van der Waals surface area contributed by atoms with E-state index in [1.54, 1.807) is 13.0 Å². The highest BCUT2D eigenvalue weighted by atomic mass is 19.1. The van der Waals surface area contributed by atoms with Gasteiger partial charge in [0, 0.05) is 26.1 Å². The Balaban J connectivity index is 1.47. The largest absolute Gasteiger partial charge is 0.343 e. The van der Waals surface area contributed by atoms with Crippen molar-refractivity contribution in [2.24, 2.45) is 0 Å². The predicted octanol–water partition coefficient (Wildman–Crippen LogP) is 2.42. The van der Waals surface area contributed by atoms with Gasteiger partial charge < -0.3 is 9.42 Å². The van der Waals surface area contributed by atoms with Crippen LogP contribution in [-0.4, -0.2) is 56.5 Å². The number of amides is 1. The molecular weight excluding hydrogens is 337 g/mol. The van der Waals surface area contributed by atoms with Crippen LogP contribution in [0.15, 0.2) is 22.9 Å². The molecule has 2 saturated heterocycles. The van der Waals surface area contributed by atoms with Gasteiger partial charge >= 0.3 is 0 Å². The summed E-state index contributed by atoms with van der Waals surface area (Å²) < 4.78 is 18.5. The van der Waals surface area contributed by atoms with Crippen molar-refractivity contribution in [2.75, 3.05) is 19.6 Å². The maximum Gasteiger partial charge on any atom is 0.244 e. The zero-order valence-electron chi connectivity index (χ0n) is 14.8. The van der Waals surface area contributed by atoms with Crippen LogP contribution in [0.1, 0.15) is 44.5 Å². The van der Waals surface area contributed by atoms with E-state index >= 15 is 0 Å². The molecule has 0 N–H and O–H groups in total. The van der Waals surface area contributed by atoms with Crippen molar-refractivity contribution < 1.29 is 13.7 Å². The number of carbonyl (C=O) groups excluding carboxylic acids is 1. The van der Waals surface area contributed by atoms with Gasteiger partial charge in [0.05, 0.1) is 12.2 Å². The molecule has 1 atom stereocenters. The Morgan fingerprint density at radius 3 is 2.73 bits per heavy atom. The lowest BCUT2D eigenvalue weighted by Crippen LogP contribution is -2.46. The van der Waals surface area contributed by atoms with E-state index in [9.17, 15) is 9.18 Å². The number of pyridine rings is 1. The molecule has 2 aromatic rings. The van der Waals surface area contributed by atoms with E-state index in [0.717, 1.165) is 51.5 Å². The van der Waals surface area contributed by atoms with Gasteiger partial charge in [0.1, 0.15) is 11.5 Å². The van der Waals surface area contributed by atoms with Crippen LogP contribution in [0.3, 0.4) is 0 Å². The van der Waals surface area contributed by atoms with Gasteiger partial charge in [-0.1, -0.05) is 5.16 Å². The Kier molecular flexibility index (Phi) is 4.67. The molecule has 0 radical (unpaired) electrons. The fourth-order valence-electron chi connectivity index (χ4n) is 3.99. The van der Waals surface area contributed by atoms with Gasteiger partial charge in [-0.05, 0) is 44.4 Å². The van der Waals surface area contributed by atoms with E-state index in [1.165, 1.54) is 6.07 Å². The molecule has 8 heteroatoms. The lowest BCUT2D eigenvalue weighted by atomic mass is 10.0. The molecule has 138 valence electrons. The van der Waals surface area contributed by atoms with Gasteiger partial charge in [-0.3, -0.25) is 9.69 Å². The molecule has 0 aromatic carbocycles. The molecule has 0 spiro atoms. The van der Waals surface area contributed by atoms with Crippen molar-refractivity contribution in [2.45, 2.75) is 44.7 Å². The highest BCUT2D eigenvalue weighted by Crippen LogP contribution is 2.36. The summed E-state index contributed by atoms with van der Waals surface area (Å²) in [4.78, 5) is 24.4. The molecule has 1 amide bonds. The predicted molar refractivity (Wildman–Crippen MR) is 91.4 cm³/mol. The van der Waals surface area contributed by atoms with Crippen molar-refractivity contribution in [1.82, 2.24) is 24.9 Å². The Bertz CT molecular complexity index is 770. The van der Waals surface area contributed by atoms with E-state index in [2.05, 4.69) is 20.0 Å². The first-order chi connectivity index (χ1) is 12.6. The number of piperidine rings is 1. The summed E-state index contributed by atoms with van der Waals surface area (Å²) in [5.41, 5.74) is 0.501. The second-order valence-corrected chi connectivity index (χ2v) is 6.95. The number of rotatable bonds is 3. The summed E-state index contributed by atoms with van der Waals surface area (Å²) in [5.74, 6) is 0.738. The van der Waals surface area contributed by atoms with Crippen LogP contribution in [0.5, 0.6) is 0 Å². The Morgan fingerprint density at radius 2 is 2.04 bits per heavy atom. The number of aromatic nitrogens is 3. The number of hydrogen-bond acceptors (Lipinski definition) is 6. The molecule has 0 bridgehead atoms. The first kappa shape index (κ1) is 17.1. The minimum atomic E-state index is -0.392. The van der Waals surface area contributed by atoms with Crippen molar-refractivity contribution in [3.63, 3.8) is 0 Å². The Morgan fingerprint density at radius 1 is 1.23 bits per heavy atom. The van der Waals surface area contributed by atoms with Crippen molar-refractivity contribution in [1.29, 1.82) is 0 Å². The third-order valence-corrected chi connectivity index (χ3v) is 5.36. The van der Waals surface area contributed by atoms with Crippen molar-refractivity contribution in [3.8, 4) is 11.5 Å². The first-order valence-electron chi connectivity index (χ1n) is 9.08. The number of halogens is 1. The third-order valence-electron chi connectivity index (χ3n) is 5.36. The van der Waals surface area contributed by atoms with Crippen LogP contribution in [-0.2, 0) is 4.79 Å². The van der Waals surface area contributed by atoms with Crippen LogP contribution in [0.2, 0.25) is 0 Å². The third kappa shape index (κ3) is 3.33. The number of nitrogens with zero attached hydrogens (tertiary/aromatic N) is 5. The Hall–Kier alpha value is -2.35. The summed E-state index contributed by atoms with van der Waals surface area (Å²) in [6, 6.07) is 3.42. The molecule has 2 aliphatic rings. The summed E-state index contributed by atoms with van der Waals surface area (Å²) in [5, 5.41) is 4.02. The zero-order chi connectivity index (χ0) is 18.1. The molecule has 4 rings (SSSR count).